The van der Waals surface area contributed by atoms with E-state index in [0.717, 1.165) is 5.01 Å². The van der Waals surface area contributed by atoms with Gasteiger partial charge in [0, 0.05) is 26.9 Å². The topological polar surface area (TPSA) is 79.3 Å². The Morgan fingerprint density at radius 2 is 2.11 bits per heavy atom. The van der Waals surface area contributed by atoms with Crippen molar-refractivity contribution >= 4 is 23.5 Å². The van der Waals surface area contributed by atoms with E-state index in [1.807, 2.05) is 0 Å². The molecule has 0 spiro atoms. The largest absolute Gasteiger partial charge is 0.465 e. The Morgan fingerprint density at radius 1 is 1.44 bits per heavy atom. The predicted molar refractivity (Wildman–Crippen MR) is 63.7 cm³/mol. The molecule has 0 aromatic rings. The Kier molecular flexibility index (Phi) is 4.82. The van der Waals surface area contributed by atoms with Crippen molar-refractivity contribution in [3.63, 3.8) is 0 Å². The van der Waals surface area contributed by atoms with E-state index in [-0.39, 0.29) is 37.1 Å². The van der Waals surface area contributed by atoms with Crippen LogP contribution in [0, 0.1) is 0 Å². The van der Waals surface area contributed by atoms with E-state index < -0.39 is 5.97 Å². The lowest BCUT2D eigenvalue weighted by Gasteiger charge is -2.22. The summed E-state index contributed by atoms with van der Waals surface area (Å²) in [5, 5.41) is 5.04. The summed E-state index contributed by atoms with van der Waals surface area (Å²) >= 11 is 0. The van der Waals surface area contributed by atoms with Crippen LogP contribution in [0.2, 0.25) is 0 Å². The molecule has 1 rings (SSSR count). The molecule has 18 heavy (non-hydrogen) atoms. The van der Waals surface area contributed by atoms with Crippen molar-refractivity contribution in [1.82, 2.24) is 9.91 Å². The van der Waals surface area contributed by atoms with E-state index in [0.29, 0.717) is 6.42 Å². The summed E-state index contributed by atoms with van der Waals surface area (Å²) in [6.45, 7) is 1.86. The minimum Gasteiger partial charge on any atom is -0.465 e. The second-order valence-electron chi connectivity index (χ2n) is 3.93. The first-order valence-electron chi connectivity index (χ1n) is 5.70. The Hall–Kier alpha value is -1.92. The van der Waals surface area contributed by atoms with Gasteiger partial charge in [-0.3, -0.25) is 14.4 Å². The molecule has 0 fully saturated rings. The molecule has 1 aliphatic heterocycles. The Balaban J connectivity index is 2.61. The highest BCUT2D eigenvalue weighted by atomic mass is 16.5. The molecule has 7 heteroatoms. The summed E-state index contributed by atoms with van der Waals surface area (Å²) in [6, 6.07) is 0. The molecule has 0 aromatic carbocycles. The van der Waals surface area contributed by atoms with Crippen LogP contribution in [-0.2, 0) is 19.1 Å². The van der Waals surface area contributed by atoms with Crippen molar-refractivity contribution in [2.75, 3.05) is 27.2 Å². The van der Waals surface area contributed by atoms with Crippen molar-refractivity contribution in [2.45, 2.75) is 19.8 Å². The van der Waals surface area contributed by atoms with Crippen LogP contribution in [0.1, 0.15) is 19.8 Å². The van der Waals surface area contributed by atoms with Crippen molar-refractivity contribution < 1.29 is 19.1 Å². The van der Waals surface area contributed by atoms with Gasteiger partial charge in [-0.15, -0.1) is 0 Å². The van der Waals surface area contributed by atoms with Gasteiger partial charge in [-0.2, -0.15) is 5.10 Å². The fourth-order valence-corrected chi connectivity index (χ4v) is 1.52. The van der Waals surface area contributed by atoms with Gasteiger partial charge in [0.2, 0.25) is 5.91 Å². The molecule has 100 valence electrons. The highest BCUT2D eigenvalue weighted by molar-refractivity contribution is 6.39. The third-order valence-electron chi connectivity index (χ3n) is 2.47. The predicted octanol–water partition coefficient (Wildman–Crippen LogP) is -0.384. The van der Waals surface area contributed by atoms with Gasteiger partial charge in [-0.25, -0.2) is 5.01 Å². The van der Waals surface area contributed by atoms with E-state index >= 15 is 0 Å². The molecule has 0 aromatic heterocycles. The summed E-state index contributed by atoms with van der Waals surface area (Å²) in [6.07, 6.45) is 0.559. The SMILES string of the molecule is CCOC(=O)CN(C)C(=O)C1=NN(C)C(=O)CC1. The van der Waals surface area contributed by atoms with Gasteiger partial charge in [-0.05, 0) is 6.92 Å². The molecule has 7 nitrogen and oxygen atoms in total. The zero-order valence-electron chi connectivity index (χ0n) is 10.8. The quantitative estimate of drug-likeness (QED) is 0.641. The van der Waals surface area contributed by atoms with E-state index in [2.05, 4.69) is 5.10 Å². The van der Waals surface area contributed by atoms with E-state index in [9.17, 15) is 14.4 Å². The summed E-state index contributed by atoms with van der Waals surface area (Å²) in [5.41, 5.74) is 0.281. The van der Waals surface area contributed by atoms with Crippen LogP contribution in [-0.4, -0.2) is 60.7 Å². The number of ether oxygens (including phenoxy) is 1. The smallest absolute Gasteiger partial charge is 0.325 e. The lowest BCUT2D eigenvalue weighted by Crippen LogP contribution is -2.41. The van der Waals surface area contributed by atoms with Gasteiger partial charge >= 0.3 is 5.97 Å². The summed E-state index contributed by atoms with van der Waals surface area (Å²) in [5.74, 6) is -0.948. The fourth-order valence-electron chi connectivity index (χ4n) is 1.52. The molecular weight excluding hydrogens is 238 g/mol. The van der Waals surface area contributed by atoms with Crippen LogP contribution in [0.25, 0.3) is 0 Å². The first kappa shape index (κ1) is 14.1. The minimum atomic E-state index is -0.464. The Bertz CT molecular complexity index is 392. The maximum absolute atomic E-state index is 11.9. The van der Waals surface area contributed by atoms with Crippen LogP contribution in [0.15, 0.2) is 5.10 Å². The van der Waals surface area contributed by atoms with Gasteiger partial charge in [0.05, 0.1) is 6.61 Å². The molecule has 0 saturated carbocycles. The van der Waals surface area contributed by atoms with Crippen molar-refractivity contribution in [2.24, 2.45) is 5.10 Å². The highest BCUT2D eigenvalue weighted by Crippen LogP contribution is 2.08. The van der Waals surface area contributed by atoms with E-state index in [4.69, 9.17) is 4.74 Å². The maximum Gasteiger partial charge on any atom is 0.325 e. The maximum atomic E-state index is 11.9. The molecule has 0 aliphatic carbocycles. The molecular formula is C11H17N3O4. The minimum absolute atomic E-state index is 0.122. The van der Waals surface area contributed by atoms with Crippen LogP contribution < -0.4 is 0 Å². The number of rotatable bonds is 4. The first-order chi connectivity index (χ1) is 8.45. The van der Waals surface area contributed by atoms with Crippen LogP contribution in [0.4, 0.5) is 0 Å². The second-order valence-corrected chi connectivity index (χ2v) is 3.93. The zero-order valence-corrected chi connectivity index (χ0v) is 10.8. The lowest BCUT2D eigenvalue weighted by atomic mass is 10.1. The van der Waals surface area contributed by atoms with E-state index in [1.54, 1.807) is 6.92 Å². The van der Waals surface area contributed by atoms with Gasteiger partial charge < -0.3 is 9.64 Å². The van der Waals surface area contributed by atoms with Crippen molar-refractivity contribution in [3.8, 4) is 0 Å². The third-order valence-corrected chi connectivity index (χ3v) is 2.47. The number of hydrogen-bond acceptors (Lipinski definition) is 5. The number of hydrogen-bond donors (Lipinski definition) is 0. The average molecular weight is 255 g/mol. The standard InChI is InChI=1S/C11H17N3O4/c1-4-18-10(16)7-13(2)11(17)8-5-6-9(15)14(3)12-8/h4-7H2,1-3H3. The summed E-state index contributed by atoms with van der Waals surface area (Å²) in [4.78, 5) is 35.6. The molecule has 0 saturated heterocycles. The third kappa shape index (κ3) is 3.54. The number of amides is 2. The van der Waals surface area contributed by atoms with E-state index in [1.165, 1.54) is 19.0 Å². The number of esters is 1. The van der Waals surface area contributed by atoms with Gasteiger partial charge in [0.25, 0.3) is 5.91 Å². The molecule has 0 atom stereocenters. The number of carbonyl (C=O) groups is 3. The molecule has 0 radical (unpaired) electrons. The summed E-state index contributed by atoms with van der Waals surface area (Å²) < 4.78 is 4.75. The average Bonchev–Trinajstić information content (AvgIpc) is 2.32. The Labute approximate surface area is 105 Å². The Morgan fingerprint density at radius 3 is 2.67 bits per heavy atom. The lowest BCUT2D eigenvalue weighted by molar-refractivity contribution is -0.146. The van der Waals surface area contributed by atoms with Crippen molar-refractivity contribution in [3.05, 3.63) is 0 Å². The van der Waals surface area contributed by atoms with Crippen LogP contribution in [0.3, 0.4) is 0 Å². The number of carbonyl (C=O) groups excluding carboxylic acids is 3. The zero-order chi connectivity index (χ0) is 13.7. The molecule has 1 aliphatic rings. The molecule has 1 heterocycles. The monoisotopic (exact) mass is 255 g/mol. The van der Waals surface area contributed by atoms with Gasteiger partial charge in [-0.1, -0.05) is 0 Å². The molecule has 0 bridgehead atoms. The van der Waals surface area contributed by atoms with Crippen molar-refractivity contribution in [1.29, 1.82) is 0 Å². The number of likely N-dealkylation sites (N-methyl/N-ethyl adjacent to an activating group) is 1. The number of hydrazone groups is 1. The van der Waals surface area contributed by atoms with Crippen LogP contribution >= 0.6 is 0 Å². The first-order valence-corrected chi connectivity index (χ1v) is 5.70. The highest BCUT2D eigenvalue weighted by Gasteiger charge is 2.25. The number of nitrogens with zero attached hydrogens (tertiary/aromatic N) is 3. The molecule has 2 amide bonds. The fraction of sp³-hybridized carbons (Fsp3) is 0.636. The second kappa shape index (κ2) is 6.13. The molecule has 0 unspecified atom stereocenters. The van der Waals surface area contributed by atoms with Gasteiger partial charge in [0.1, 0.15) is 12.3 Å². The van der Waals surface area contributed by atoms with Gasteiger partial charge in [0.15, 0.2) is 0 Å². The van der Waals surface area contributed by atoms with Crippen LogP contribution in [0.5, 0.6) is 0 Å². The molecule has 0 N–H and O–H groups in total. The summed E-state index contributed by atoms with van der Waals surface area (Å²) in [7, 11) is 3.00. The normalized spacial score (nSPS) is 15.2.